The standard InChI is InChI=1S/C33H38FN3O2/c1-21(2)31-30(32(38)35-19-25-14-13-22(3)28(34)17-25)27-16-15-26(23(4)36-39-33(5,6)7)18-29(27)37(31)20-24-11-9-8-10-12-24/h8-18,21H,19-20H2,1-7H3,(H,35,38)/b36-23+. The zero-order valence-electron chi connectivity index (χ0n) is 23.9. The Morgan fingerprint density at radius 3 is 2.38 bits per heavy atom. The number of hydrogen-bond acceptors (Lipinski definition) is 3. The number of nitrogens with one attached hydrogen (secondary N) is 1. The minimum absolute atomic E-state index is 0.0844. The molecule has 6 heteroatoms. The first-order chi connectivity index (χ1) is 18.4. The SMILES string of the molecule is C/C(=N\OC(C)(C)C)c1ccc2c(C(=O)NCc3ccc(C)c(F)c3)c(C(C)C)n(Cc3ccccc3)c2c1. The fourth-order valence-electron chi connectivity index (χ4n) is 4.64. The van der Waals surface area contributed by atoms with Crippen LogP contribution in [0.15, 0.2) is 71.9 Å². The van der Waals surface area contributed by atoms with Crippen LogP contribution in [-0.4, -0.2) is 21.8 Å². The van der Waals surface area contributed by atoms with E-state index >= 15 is 0 Å². The van der Waals surface area contributed by atoms with Gasteiger partial charge in [0.25, 0.3) is 5.91 Å². The van der Waals surface area contributed by atoms with E-state index in [1.807, 2.05) is 64.1 Å². The van der Waals surface area contributed by atoms with Crippen LogP contribution >= 0.6 is 0 Å². The van der Waals surface area contributed by atoms with Crippen molar-refractivity contribution in [1.82, 2.24) is 9.88 Å². The van der Waals surface area contributed by atoms with E-state index in [1.54, 1.807) is 13.0 Å². The van der Waals surface area contributed by atoms with E-state index in [9.17, 15) is 9.18 Å². The molecule has 3 aromatic carbocycles. The number of aryl methyl sites for hydroxylation is 1. The minimum atomic E-state index is -0.394. The molecule has 204 valence electrons. The van der Waals surface area contributed by atoms with Crippen LogP contribution in [0.3, 0.4) is 0 Å². The number of benzene rings is 3. The lowest BCUT2D eigenvalue weighted by molar-refractivity contribution is 0.000953. The number of oxime groups is 1. The third-order valence-corrected chi connectivity index (χ3v) is 6.63. The number of aromatic nitrogens is 1. The quantitative estimate of drug-likeness (QED) is 0.188. The lowest BCUT2D eigenvalue weighted by Crippen LogP contribution is -2.24. The molecule has 0 unspecified atom stereocenters. The molecular weight excluding hydrogens is 489 g/mol. The molecule has 39 heavy (non-hydrogen) atoms. The number of carbonyl (C=O) groups is 1. The fraction of sp³-hybridized carbons (Fsp3) is 0.333. The molecule has 0 bridgehead atoms. The van der Waals surface area contributed by atoms with Crippen molar-refractivity contribution in [3.8, 4) is 0 Å². The molecular formula is C33H38FN3O2. The molecule has 1 amide bonds. The molecule has 0 atom stereocenters. The lowest BCUT2D eigenvalue weighted by Gasteiger charge is -2.16. The van der Waals surface area contributed by atoms with Gasteiger partial charge in [0.15, 0.2) is 0 Å². The Labute approximate surface area is 230 Å². The third kappa shape index (κ3) is 6.56. The van der Waals surface area contributed by atoms with Gasteiger partial charge in [0.05, 0.1) is 16.8 Å². The molecule has 0 aliphatic heterocycles. The van der Waals surface area contributed by atoms with Crippen molar-refractivity contribution < 1.29 is 14.0 Å². The Bertz CT molecular complexity index is 1510. The Kier molecular flexibility index (Phi) is 8.24. The van der Waals surface area contributed by atoms with Gasteiger partial charge in [-0.1, -0.05) is 73.6 Å². The maximum atomic E-state index is 14.1. The topological polar surface area (TPSA) is 55.6 Å². The van der Waals surface area contributed by atoms with Crippen LogP contribution in [0.5, 0.6) is 0 Å². The van der Waals surface area contributed by atoms with Crippen molar-refractivity contribution in [2.75, 3.05) is 0 Å². The van der Waals surface area contributed by atoms with Gasteiger partial charge in [-0.15, -0.1) is 0 Å². The molecule has 0 radical (unpaired) electrons. The largest absolute Gasteiger partial charge is 0.390 e. The van der Waals surface area contributed by atoms with Crippen molar-refractivity contribution in [2.45, 2.75) is 73.1 Å². The number of rotatable bonds is 8. The van der Waals surface area contributed by atoms with E-state index in [-0.39, 0.29) is 24.2 Å². The van der Waals surface area contributed by atoms with Gasteiger partial charge in [-0.3, -0.25) is 4.79 Å². The van der Waals surface area contributed by atoms with E-state index < -0.39 is 5.60 Å². The molecule has 5 nitrogen and oxygen atoms in total. The Hall–Kier alpha value is -3.93. The number of hydrogen-bond donors (Lipinski definition) is 1. The maximum Gasteiger partial charge on any atom is 0.254 e. The fourth-order valence-corrected chi connectivity index (χ4v) is 4.64. The molecule has 0 saturated heterocycles. The van der Waals surface area contributed by atoms with Crippen LogP contribution in [-0.2, 0) is 17.9 Å². The molecule has 1 aromatic heterocycles. The summed E-state index contributed by atoms with van der Waals surface area (Å²) in [5.74, 6) is -0.365. The summed E-state index contributed by atoms with van der Waals surface area (Å²) < 4.78 is 16.3. The van der Waals surface area contributed by atoms with Gasteiger partial charge >= 0.3 is 0 Å². The van der Waals surface area contributed by atoms with Crippen LogP contribution in [0.1, 0.15) is 85.8 Å². The molecule has 0 saturated carbocycles. The molecule has 0 spiro atoms. The summed E-state index contributed by atoms with van der Waals surface area (Å²) in [7, 11) is 0. The van der Waals surface area contributed by atoms with Gasteiger partial charge < -0.3 is 14.7 Å². The van der Waals surface area contributed by atoms with Gasteiger partial charge in [0.1, 0.15) is 11.4 Å². The number of halogens is 1. The Morgan fingerprint density at radius 1 is 1.03 bits per heavy atom. The summed E-state index contributed by atoms with van der Waals surface area (Å²) in [5.41, 5.74) is 6.30. The van der Waals surface area contributed by atoms with E-state index in [1.165, 1.54) is 6.07 Å². The van der Waals surface area contributed by atoms with E-state index in [2.05, 4.69) is 47.1 Å². The minimum Gasteiger partial charge on any atom is -0.390 e. The number of carbonyl (C=O) groups excluding carboxylic acids is 1. The molecule has 4 rings (SSSR count). The van der Waals surface area contributed by atoms with Crippen LogP contribution in [0, 0.1) is 12.7 Å². The summed E-state index contributed by atoms with van der Waals surface area (Å²) in [6.45, 7) is 14.6. The molecule has 4 aromatic rings. The van der Waals surface area contributed by atoms with E-state index in [0.29, 0.717) is 17.7 Å². The number of fused-ring (bicyclic) bond motifs is 1. The summed E-state index contributed by atoms with van der Waals surface area (Å²) in [6.07, 6.45) is 0. The van der Waals surface area contributed by atoms with Gasteiger partial charge in [-0.2, -0.15) is 0 Å². The maximum absolute atomic E-state index is 14.1. The summed E-state index contributed by atoms with van der Waals surface area (Å²) in [6, 6.07) is 21.3. The average molecular weight is 528 g/mol. The second kappa shape index (κ2) is 11.4. The zero-order chi connectivity index (χ0) is 28.3. The predicted octanol–water partition coefficient (Wildman–Crippen LogP) is 7.73. The highest BCUT2D eigenvalue weighted by Gasteiger charge is 2.25. The zero-order valence-corrected chi connectivity index (χ0v) is 23.9. The molecule has 0 aliphatic rings. The van der Waals surface area contributed by atoms with Crippen molar-refractivity contribution in [3.63, 3.8) is 0 Å². The van der Waals surface area contributed by atoms with Crippen LogP contribution in [0.25, 0.3) is 10.9 Å². The van der Waals surface area contributed by atoms with Crippen molar-refractivity contribution in [1.29, 1.82) is 0 Å². The van der Waals surface area contributed by atoms with Crippen LogP contribution in [0.2, 0.25) is 0 Å². The predicted molar refractivity (Wildman–Crippen MR) is 157 cm³/mol. The normalized spacial score (nSPS) is 12.3. The number of nitrogens with zero attached hydrogens (tertiary/aromatic N) is 2. The Balaban J connectivity index is 1.81. The van der Waals surface area contributed by atoms with Gasteiger partial charge in [0.2, 0.25) is 0 Å². The highest BCUT2D eigenvalue weighted by atomic mass is 19.1. The van der Waals surface area contributed by atoms with Crippen LogP contribution in [0.4, 0.5) is 4.39 Å². The second-order valence-electron chi connectivity index (χ2n) is 11.4. The first-order valence-electron chi connectivity index (χ1n) is 13.4. The van der Waals surface area contributed by atoms with Crippen molar-refractivity contribution >= 4 is 22.5 Å². The second-order valence-corrected chi connectivity index (χ2v) is 11.4. The number of amides is 1. The Morgan fingerprint density at radius 2 is 1.74 bits per heavy atom. The average Bonchev–Trinajstić information content (AvgIpc) is 3.21. The smallest absolute Gasteiger partial charge is 0.254 e. The van der Waals surface area contributed by atoms with Gasteiger partial charge in [0, 0.05) is 29.7 Å². The molecule has 0 aliphatic carbocycles. The highest BCUT2D eigenvalue weighted by Crippen LogP contribution is 2.33. The van der Waals surface area contributed by atoms with E-state index in [0.717, 1.165) is 39.0 Å². The van der Waals surface area contributed by atoms with E-state index in [4.69, 9.17) is 4.84 Å². The third-order valence-electron chi connectivity index (χ3n) is 6.63. The van der Waals surface area contributed by atoms with Crippen LogP contribution < -0.4 is 5.32 Å². The monoisotopic (exact) mass is 527 g/mol. The lowest BCUT2D eigenvalue weighted by atomic mass is 10.0. The van der Waals surface area contributed by atoms with Gasteiger partial charge in [-0.05, 0) is 69.4 Å². The van der Waals surface area contributed by atoms with Crippen molar-refractivity contribution in [3.05, 3.63) is 106 Å². The molecule has 1 N–H and O–H groups in total. The summed E-state index contributed by atoms with van der Waals surface area (Å²) in [4.78, 5) is 19.4. The summed E-state index contributed by atoms with van der Waals surface area (Å²) >= 11 is 0. The molecule has 1 heterocycles. The summed E-state index contributed by atoms with van der Waals surface area (Å²) in [5, 5.41) is 8.27. The highest BCUT2D eigenvalue weighted by molar-refractivity contribution is 6.10. The first kappa shape index (κ1) is 28.1. The van der Waals surface area contributed by atoms with Crippen molar-refractivity contribution in [2.24, 2.45) is 5.16 Å². The first-order valence-corrected chi connectivity index (χ1v) is 13.4. The molecule has 0 fully saturated rings. The van der Waals surface area contributed by atoms with Gasteiger partial charge in [-0.25, -0.2) is 4.39 Å².